The van der Waals surface area contributed by atoms with Crippen LogP contribution in [0.2, 0.25) is 27.2 Å². The molecule has 0 bridgehead atoms. The fourth-order valence-electron chi connectivity index (χ4n) is 1.83. The number of unbranched alkanes of at least 4 members (excludes halogenated alkanes) is 1. The van der Waals surface area contributed by atoms with Gasteiger partial charge in [0, 0.05) is 0 Å². The van der Waals surface area contributed by atoms with Gasteiger partial charge in [-0.3, -0.25) is 0 Å². The Hall–Kier alpha value is -0.131. The van der Waals surface area contributed by atoms with Crippen molar-refractivity contribution in [3.63, 3.8) is 0 Å². The predicted octanol–water partition coefficient (Wildman–Crippen LogP) is 6.15. The van der Waals surface area contributed by atoms with Crippen LogP contribution in [0, 0.1) is 0 Å². The summed E-state index contributed by atoms with van der Waals surface area (Å²) in [6, 6.07) is 0. The molecule has 1 heteroatoms. The molecule has 0 atom stereocenters. The first-order valence-electron chi connectivity index (χ1n) is 5.69. The van der Waals surface area contributed by atoms with E-state index in [0.717, 1.165) is 6.42 Å². The fraction of sp³-hybridized carbons (Fsp3) is 0.600. The van der Waals surface area contributed by atoms with E-state index in [2.05, 4.69) is 63.0 Å². The molecule has 0 radical (unpaired) electrons. The summed E-state index contributed by atoms with van der Waals surface area (Å²) in [7, 11) is 0. The van der Waals surface area contributed by atoms with E-state index >= 15 is 0 Å². The van der Waals surface area contributed by atoms with Gasteiger partial charge in [0.2, 0.25) is 0 Å². The van der Waals surface area contributed by atoms with E-state index in [0.29, 0.717) is 0 Å². The summed E-state index contributed by atoms with van der Waals surface area (Å²) in [5.41, 5.74) is 12.7. The van der Waals surface area contributed by atoms with Gasteiger partial charge in [-0.15, -0.1) is 0 Å². The zero-order chi connectivity index (χ0) is 12.6. The molecule has 0 nitrogen and oxygen atoms in total. The summed E-state index contributed by atoms with van der Waals surface area (Å²) >= 11 is -3.53. The Morgan fingerprint density at radius 1 is 1.19 bits per heavy atom. The van der Waals surface area contributed by atoms with Crippen molar-refractivity contribution in [2.45, 2.75) is 53.4 Å². The van der Waals surface area contributed by atoms with E-state index in [9.17, 15) is 0 Å². The second-order valence-electron chi connectivity index (χ2n) is 7.58. The molecular weight excluding hydrogens is 372 g/mol. The Labute approximate surface area is 97.9 Å². The summed E-state index contributed by atoms with van der Waals surface area (Å²) in [6.07, 6.45) is 12.8. The second kappa shape index (κ2) is 2.82. The van der Waals surface area contributed by atoms with Crippen LogP contribution in [0.25, 0.3) is 0 Å². The van der Waals surface area contributed by atoms with Gasteiger partial charge >= 0.3 is 98.0 Å². The van der Waals surface area contributed by atoms with E-state index in [1.165, 1.54) is 12.8 Å². The van der Waals surface area contributed by atoms with Crippen LogP contribution in [-0.2, 0) is 11.7 Å². The molecule has 1 aliphatic rings. The minimum atomic E-state index is -3.53. The van der Waals surface area contributed by atoms with Crippen LogP contribution in [0.4, 0.5) is 0 Å². The summed E-state index contributed by atoms with van der Waals surface area (Å²) < 4.78 is 4.24. The van der Waals surface area contributed by atoms with Gasteiger partial charge in [-0.2, -0.15) is 0 Å². The zero-order valence-corrected chi connectivity index (χ0v) is 14.2. The number of hydrogen-bond donors (Lipinski definition) is 0. The van der Waals surface area contributed by atoms with Crippen molar-refractivity contribution in [2.24, 2.45) is 0 Å². The van der Waals surface area contributed by atoms with Crippen LogP contribution in [0.1, 0.15) is 26.2 Å². The van der Waals surface area contributed by atoms with E-state index < -0.39 is 11.7 Å². The quantitative estimate of drug-likeness (QED) is 0.530. The summed E-state index contributed by atoms with van der Waals surface area (Å²) in [4.78, 5) is 0. The monoisotopic (exact) mass is 402 g/mol. The van der Waals surface area contributed by atoms with Crippen molar-refractivity contribution in [1.29, 1.82) is 0 Å². The molecule has 0 amide bonds. The first-order valence-corrected chi connectivity index (χ1v) is 20.2. The third kappa shape index (κ3) is 2.96. The van der Waals surface area contributed by atoms with Crippen LogP contribution in [0.3, 0.4) is 0 Å². The van der Waals surface area contributed by atoms with Gasteiger partial charge < -0.3 is 0 Å². The van der Waals surface area contributed by atoms with Crippen molar-refractivity contribution in [3.8, 4) is 0 Å². The molecule has 0 N–H and O–H groups in total. The Bertz CT molecular complexity index is 388. The van der Waals surface area contributed by atoms with Gasteiger partial charge in [0.1, 0.15) is 0 Å². The molecule has 16 heavy (non-hydrogen) atoms. The number of hydrogen-bond acceptors (Lipinski definition) is 0. The van der Waals surface area contributed by atoms with Gasteiger partial charge in [0.15, 0.2) is 0 Å². The molecule has 0 unspecified atom stereocenters. The molecular formula is C15H29Ir. The fourth-order valence-corrected chi connectivity index (χ4v) is 11.3. The average molecular weight is 402 g/mol. The van der Waals surface area contributed by atoms with Crippen LogP contribution >= 0.6 is 0 Å². The van der Waals surface area contributed by atoms with Gasteiger partial charge in [0.25, 0.3) is 0 Å². The first kappa shape index (κ1) is 13.9. The van der Waals surface area contributed by atoms with E-state index in [4.69, 9.17) is 0 Å². The van der Waals surface area contributed by atoms with Crippen molar-refractivity contribution < 1.29 is 11.7 Å². The molecule has 0 aromatic carbocycles. The molecule has 0 heterocycles. The third-order valence-electron chi connectivity index (χ3n) is 3.05. The predicted molar refractivity (Wildman–Crippen MR) is 75.2 cm³/mol. The maximum atomic E-state index is 2.58. The summed E-state index contributed by atoms with van der Waals surface area (Å²) in [5.74, 6) is 0. The molecule has 1 aliphatic carbocycles. The Kier molecular flexibility index (Phi) is 2.45. The van der Waals surface area contributed by atoms with Crippen molar-refractivity contribution in [2.75, 3.05) is 0 Å². The molecule has 0 spiro atoms. The standard InChI is InChI=1S/C5H5.C5H9.5CH3.Ir/c1-2-4-5-3-1;1-3-5-4-2;;;;;;/h1-3H,4H2;1,3H,4-5H2,2H3;5*1H3;. The molecule has 0 aromatic rings. The van der Waals surface area contributed by atoms with Crippen LogP contribution in [0.5, 0.6) is 0 Å². The van der Waals surface area contributed by atoms with Gasteiger partial charge in [-0.25, -0.2) is 0 Å². The zero-order valence-electron chi connectivity index (χ0n) is 11.8. The average Bonchev–Trinajstić information content (AvgIpc) is 2.54. The Balaban J connectivity index is 3.28. The van der Waals surface area contributed by atoms with Gasteiger partial charge in [0.05, 0.1) is 0 Å². The third-order valence-corrected chi connectivity index (χ3v) is 17.5. The normalized spacial score (nSPS) is 23.6. The van der Waals surface area contributed by atoms with Crippen molar-refractivity contribution in [3.05, 3.63) is 33.0 Å². The van der Waals surface area contributed by atoms with Crippen LogP contribution in [-0.4, -0.2) is 0 Å². The van der Waals surface area contributed by atoms with Crippen molar-refractivity contribution >= 4 is 0 Å². The van der Waals surface area contributed by atoms with E-state index in [-0.39, 0.29) is 0 Å². The summed E-state index contributed by atoms with van der Waals surface area (Å²) in [6.45, 7) is 2.24. The minimum absolute atomic E-state index is 1.14. The molecule has 1 rings (SSSR count). The van der Waals surface area contributed by atoms with E-state index in [1.807, 2.05) is 0 Å². The second-order valence-corrected chi connectivity index (χ2v) is 47.5. The Morgan fingerprint density at radius 3 is 2.25 bits per heavy atom. The Morgan fingerprint density at radius 2 is 1.81 bits per heavy atom. The van der Waals surface area contributed by atoms with Crippen molar-refractivity contribution in [1.82, 2.24) is 0 Å². The van der Waals surface area contributed by atoms with Gasteiger partial charge in [-0.1, -0.05) is 0 Å². The molecule has 0 saturated carbocycles. The van der Waals surface area contributed by atoms with Crippen LogP contribution < -0.4 is 0 Å². The molecule has 0 fully saturated rings. The number of rotatable bonds is 4. The van der Waals surface area contributed by atoms with Crippen LogP contribution in [0.15, 0.2) is 33.0 Å². The molecule has 0 aliphatic heterocycles. The molecule has 0 saturated heterocycles. The van der Waals surface area contributed by atoms with Gasteiger partial charge in [-0.05, 0) is 0 Å². The maximum absolute atomic E-state index is 3.53. The topological polar surface area (TPSA) is 0 Å². The first-order chi connectivity index (χ1) is 6.90. The summed E-state index contributed by atoms with van der Waals surface area (Å²) in [5, 5.41) is 0. The molecule has 98 valence electrons. The van der Waals surface area contributed by atoms with E-state index in [1.54, 1.807) is 4.09 Å². The number of allylic oxidation sites excluding steroid dienone is 5. The SMILES string of the molecule is CCCC=[CH][Ir]([CH3])([CH3])([CH3])([CH3])([CH3])[C]1=CC=CC1. The molecule has 0 aromatic heterocycles.